The molecule has 0 amide bonds. The molecule has 0 aromatic heterocycles. The molecule has 5 aliphatic carbocycles. The topological polar surface area (TPSA) is 179 Å². The van der Waals surface area contributed by atoms with Gasteiger partial charge in [-0.05, 0) is 182 Å². The Morgan fingerprint density at radius 2 is 1.69 bits per heavy atom. The zero-order valence-corrected chi connectivity index (χ0v) is 40.1. The molecule has 13 rings (SSSR count). The van der Waals surface area contributed by atoms with Gasteiger partial charge in [-0.25, -0.2) is 0 Å². The van der Waals surface area contributed by atoms with Crippen LogP contribution in [0.2, 0.25) is 0 Å². The Bertz CT molecular complexity index is 2360. The smallest absolute Gasteiger partial charge is 0.188 e. The van der Waals surface area contributed by atoms with Gasteiger partial charge < -0.3 is 50.8 Å². The first-order chi connectivity index (χ1) is 32.3. The lowest BCUT2D eigenvalue weighted by Gasteiger charge is -2.55. The minimum absolute atomic E-state index is 0.0266. The molecule has 67 heavy (non-hydrogen) atoms. The number of nitrogens with two attached hydrogens (primary N) is 1. The number of aliphatic imine (C=N–C) groups is 1. The van der Waals surface area contributed by atoms with Crippen molar-refractivity contribution in [3.63, 3.8) is 0 Å². The Morgan fingerprint density at radius 3 is 2.46 bits per heavy atom. The van der Waals surface area contributed by atoms with E-state index in [-0.39, 0.29) is 53.0 Å². The maximum atomic E-state index is 12.3. The lowest BCUT2D eigenvalue weighted by molar-refractivity contribution is -0.107. The van der Waals surface area contributed by atoms with E-state index in [1.165, 1.54) is 0 Å². The molecule has 1 spiro atoms. The van der Waals surface area contributed by atoms with Crippen LogP contribution in [0.1, 0.15) is 138 Å². The minimum Gasteiger partial charge on any atom is -0.508 e. The predicted molar refractivity (Wildman–Crippen MR) is 261 cm³/mol. The van der Waals surface area contributed by atoms with Crippen LogP contribution < -0.4 is 25.3 Å². The van der Waals surface area contributed by atoms with Gasteiger partial charge >= 0.3 is 0 Å². The van der Waals surface area contributed by atoms with Gasteiger partial charge in [-0.3, -0.25) is 4.99 Å². The Balaban J connectivity index is 1.07. The van der Waals surface area contributed by atoms with Crippen molar-refractivity contribution in [3.8, 4) is 39.9 Å². The van der Waals surface area contributed by atoms with Crippen LogP contribution in [0.15, 0.2) is 53.5 Å². The monoisotopic (exact) mass is 918 g/mol. The van der Waals surface area contributed by atoms with Crippen LogP contribution >= 0.6 is 0 Å². The first-order valence-electron chi connectivity index (χ1n) is 25.8. The third-order valence-corrected chi connectivity index (χ3v) is 17.7. The fraction of sp³-hybridized carbons (Fsp3) is 0.625. The maximum absolute atomic E-state index is 12.3. The molecule has 0 saturated heterocycles. The summed E-state index contributed by atoms with van der Waals surface area (Å²) in [5, 5.41) is 61.1. The molecule has 5 heterocycles. The number of aliphatic hydroxyl groups is 3. The normalized spacial score (nSPS) is 34.8. The van der Waals surface area contributed by atoms with E-state index in [1.807, 2.05) is 24.3 Å². The number of fused-ring (bicyclic) bond motifs is 2. The van der Waals surface area contributed by atoms with Crippen molar-refractivity contribution in [2.75, 3.05) is 20.2 Å². The lowest BCUT2D eigenvalue weighted by Crippen LogP contribution is -2.55. The molecule has 13 atom stereocenters. The molecule has 10 aliphatic rings. The quantitative estimate of drug-likeness (QED) is 0.125. The van der Waals surface area contributed by atoms with Gasteiger partial charge in [-0.2, -0.15) is 0 Å². The van der Waals surface area contributed by atoms with Gasteiger partial charge in [0.25, 0.3) is 0 Å². The van der Waals surface area contributed by atoms with E-state index in [9.17, 15) is 25.5 Å². The third kappa shape index (κ3) is 8.79. The summed E-state index contributed by atoms with van der Waals surface area (Å²) in [5.41, 5.74) is 13.4. The highest BCUT2D eigenvalue weighted by molar-refractivity contribution is 5.84. The SMILES string of the molecule is CCC1CC2C=CC1CC(O)CCCNC(N)=NCC1CCC3CCC4(CCC(O)C4)C1C3Oc1cc(ccc1O)C1Oc3cc(OC)c4c(c3CC1O)C2Cc1cc(O)c(CC(C)C)cc1-4. The zero-order chi connectivity index (χ0) is 46.7. The second kappa shape index (κ2) is 18.8. The Kier molecular flexibility index (Phi) is 13.0. The van der Waals surface area contributed by atoms with Crippen LogP contribution in [-0.2, 0) is 19.3 Å². The number of aliphatic hydroxyl groups excluding tert-OH is 3. The summed E-state index contributed by atoms with van der Waals surface area (Å²) in [7, 11) is 1.71. The second-order valence-corrected chi connectivity index (χ2v) is 22.2. The van der Waals surface area contributed by atoms with E-state index >= 15 is 0 Å². The number of aromatic hydroxyl groups is 2. The summed E-state index contributed by atoms with van der Waals surface area (Å²) in [4.78, 5) is 4.92. The molecule has 3 aromatic rings. The summed E-state index contributed by atoms with van der Waals surface area (Å²) in [6.07, 6.45) is 14.6. The van der Waals surface area contributed by atoms with E-state index in [0.717, 1.165) is 116 Å². The highest BCUT2D eigenvalue weighted by atomic mass is 16.5. The summed E-state index contributed by atoms with van der Waals surface area (Å²) in [6, 6.07) is 11.5. The number of benzene rings is 3. The van der Waals surface area contributed by atoms with Crippen molar-refractivity contribution in [1.29, 1.82) is 0 Å². The maximum Gasteiger partial charge on any atom is 0.188 e. The largest absolute Gasteiger partial charge is 0.508 e. The van der Waals surface area contributed by atoms with Crippen LogP contribution in [0.5, 0.6) is 28.7 Å². The van der Waals surface area contributed by atoms with Crippen LogP contribution in [0.3, 0.4) is 0 Å². The van der Waals surface area contributed by atoms with Crippen LogP contribution in [0.4, 0.5) is 0 Å². The van der Waals surface area contributed by atoms with Gasteiger partial charge in [0.15, 0.2) is 17.5 Å². The highest BCUT2D eigenvalue weighted by Crippen LogP contribution is 2.61. The molecule has 11 nitrogen and oxygen atoms in total. The summed E-state index contributed by atoms with van der Waals surface area (Å²) in [6.45, 7) is 7.78. The number of allylic oxidation sites excluding steroid dienone is 2. The van der Waals surface area contributed by atoms with Crippen molar-refractivity contribution in [3.05, 3.63) is 76.4 Å². The molecule has 3 aromatic carbocycles. The fourth-order valence-corrected chi connectivity index (χ4v) is 14.5. The fourth-order valence-electron chi connectivity index (χ4n) is 14.5. The molecule has 8 N–H and O–H groups in total. The molecule has 362 valence electrons. The average Bonchev–Trinajstić information content (AvgIpc) is 3.68. The van der Waals surface area contributed by atoms with Crippen LogP contribution in [0.25, 0.3) is 11.1 Å². The standard InChI is InChI=1S/C56H75N3O8/c1-5-31-20-34-10-9-33(31)21-39(60)7-6-18-58-55(57)59-29-36-11-8-32-14-16-56(17-15-40(61)28-56)52(36)54(32)67-48-25-35(12-13-44(48)62)53-46(64)26-43-47(66-53)27-49(65-4)51-42-23-38(19-30(2)3)45(63)24-37(42)22-41(34)50(43)51/h9-10,12-13,23-25,27,30-34,36,39-41,46,52-54,60-64H,5-8,11,14-22,26,28-29H2,1-4H3,(H3,57,58,59). The number of nitrogens with zero attached hydrogens (tertiary/aromatic N) is 1. The second-order valence-electron chi connectivity index (χ2n) is 22.2. The van der Waals surface area contributed by atoms with Crippen molar-refractivity contribution in [2.45, 2.75) is 154 Å². The van der Waals surface area contributed by atoms with Crippen molar-refractivity contribution in [1.82, 2.24) is 5.32 Å². The number of nitrogens with one attached hydrogen (secondary N) is 1. The average molecular weight is 918 g/mol. The number of rotatable bonds is 4. The van der Waals surface area contributed by atoms with Gasteiger partial charge in [-0.1, -0.05) is 45.4 Å². The van der Waals surface area contributed by atoms with E-state index in [2.05, 4.69) is 44.3 Å². The van der Waals surface area contributed by atoms with E-state index in [4.69, 9.17) is 24.9 Å². The number of methoxy groups -OCH3 is 1. The first kappa shape index (κ1) is 46.3. The lowest BCUT2D eigenvalue weighted by atomic mass is 9.52. The molecule has 3 fully saturated rings. The minimum atomic E-state index is -0.894. The molecular weight excluding hydrogens is 843 g/mol. The summed E-state index contributed by atoms with van der Waals surface area (Å²) in [5.74, 6) is 4.36. The van der Waals surface area contributed by atoms with Gasteiger partial charge in [-0.15, -0.1) is 0 Å². The van der Waals surface area contributed by atoms with E-state index in [0.29, 0.717) is 79.1 Å². The number of ether oxygens (including phenoxy) is 3. The summed E-state index contributed by atoms with van der Waals surface area (Å²) >= 11 is 0. The third-order valence-electron chi connectivity index (χ3n) is 17.7. The molecular formula is C56H75N3O8. The molecule has 3 saturated carbocycles. The van der Waals surface area contributed by atoms with Gasteiger partial charge in [0.1, 0.15) is 29.5 Å². The van der Waals surface area contributed by atoms with Gasteiger partial charge in [0, 0.05) is 42.6 Å². The van der Waals surface area contributed by atoms with Gasteiger partial charge in [0.2, 0.25) is 0 Å². The van der Waals surface area contributed by atoms with Crippen LogP contribution in [0, 0.1) is 46.8 Å². The predicted octanol–water partition coefficient (Wildman–Crippen LogP) is 9.03. The van der Waals surface area contributed by atoms with Crippen molar-refractivity contribution in [2.24, 2.45) is 57.6 Å². The number of guanidine groups is 1. The van der Waals surface area contributed by atoms with Crippen molar-refractivity contribution >= 4 is 5.96 Å². The van der Waals surface area contributed by atoms with Gasteiger partial charge in [0.05, 0.1) is 25.4 Å². The number of phenols is 2. The summed E-state index contributed by atoms with van der Waals surface area (Å²) < 4.78 is 20.4. The van der Waals surface area contributed by atoms with E-state index < -0.39 is 18.3 Å². The molecule has 0 radical (unpaired) electrons. The Morgan fingerprint density at radius 1 is 0.881 bits per heavy atom. The van der Waals surface area contributed by atoms with E-state index in [1.54, 1.807) is 13.2 Å². The van der Waals surface area contributed by atoms with Crippen molar-refractivity contribution < 1.29 is 39.7 Å². The zero-order valence-electron chi connectivity index (χ0n) is 40.1. The molecule has 11 heteroatoms. The number of hydrogen-bond donors (Lipinski definition) is 7. The highest BCUT2D eigenvalue weighted by Gasteiger charge is 2.58. The number of phenolic OH excluding ortho intramolecular Hbond substituents is 2. The Labute approximate surface area is 397 Å². The first-order valence-corrected chi connectivity index (χ1v) is 25.8. The molecule has 5 aliphatic heterocycles. The molecule has 13 unspecified atom stereocenters. The number of hydrogen-bond acceptors (Lipinski definition) is 11. The van der Waals surface area contributed by atoms with Crippen LogP contribution in [-0.4, -0.2) is 76.1 Å². The Hall–Kier alpha value is -4.45. The molecule has 12 bridgehead atoms.